The van der Waals surface area contributed by atoms with E-state index in [1.54, 1.807) is 25.1 Å². The molecule has 190 valence electrons. The lowest BCUT2D eigenvalue weighted by Crippen LogP contribution is -2.19. The highest BCUT2D eigenvalue weighted by Gasteiger charge is 2.56. The maximum atomic E-state index is 12.8. The van der Waals surface area contributed by atoms with Gasteiger partial charge in [0.2, 0.25) is 17.3 Å². The third kappa shape index (κ3) is 4.04. The summed E-state index contributed by atoms with van der Waals surface area (Å²) in [5.74, 6) is 4.85. The van der Waals surface area contributed by atoms with Crippen molar-refractivity contribution in [3.05, 3.63) is 77.2 Å². The number of carbonyl (C=O) groups excluding carboxylic acids is 1. The minimum Gasteiger partial charge on any atom is -0.480 e. The molecule has 0 aliphatic heterocycles. The molecule has 1 amide bonds. The Morgan fingerprint density at radius 2 is 1.82 bits per heavy atom. The number of carboxylic acid groups (broad SMARTS) is 1. The number of nitrogens with zero attached hydrogens (tertiary/aromatic N) is 2. The summed E-state index contributed by atoms with van der Waals surface area (Å²) in [5.41, 5.74) is 1.82. The second kappa shape index (κ2) is 8.81. The first-order chi connectivity index (χ1) is 18.3. The van der Waals surface area contributed by atoms with Gasteiger partial charge in [-0.05, 0) is 55.9 Å². The van der Waals surface area contributed by atoms with Gasteiger partial charge in [0.05, 0.1) is 0 Å². The molecule has 0 bridgehead atoms. The smallest absolute Gasteiger partial charge is 0.412 e. The highest BCUT2D eigenvalue weighted by molar-refractivity contribution is 6.01. The first kappa shape index (κ1) is 23.4. The number of oxazole rings is 2. The van der Waals surface area contributed by atoms with E-state index in [1.807, 2.05) is 37.3 Å². The number of anilines is 1. The summed E-state index contributed by atoms with van der Waals surface area (Å²) >= 11 is 0. The van der Waals surface area contributed by atoms with Crippen molar-refractivity contribution in [1.82, 2.24) is 9.97 Å². The minimum absolute atomic E-state index is 0.000120. The summed E-state index contributed by atoms with van der Waals surface area (Å²) in [6.45, 7) is 3.76. The van der Waals surface area contributed by atoms with Crippen molar-refractivity contribution < 1.29 is 32.7 Å². The van der Waals surface area contributed by atoms with E-state index >= 15 is 0 Å². The van der Waals surface area contributed by atoms with Crippen LogP contribution in [0.5, 0.6) is 0 Å². The highest BCUT2D eigenvalue weighted by atomic mass is 16.6. The number of rotatable bonds is 5. The molecular formula is C28H21N3O7. The molecule has 3 aromatic heterocycles. The van der Waals surface area contributed by atoms with Crippen molar-refractivity contribution in [3.63, 3.8) is 0 Å². The number of hydrogen-bond donors (Lipinski definition) is 2. The van der Waals surface area contributed by atoms with Crippen molar-refractivity contribution >= 4 is 40.1 Å². The van der Waals surface area contributed by atoms with Crippen LogP contribution in [-0.4, -0.2) is 27.1 Å². The third-order valence-corrected chi connectivity index (χ3v) is 6.56. The highest BCUT2D eigenvalue weighted by Crippen LogP contribution is 2.48. The minimum atomic E-state index is -1.10. The van der Waals surface area contributed by atoms with Gasteiger partial charge in [0, 0.05) is 11.3 Å². The monoisotopic (exact) mass is 511 g/mol. The van der Waals surface area contributed by atoms with Gasteiger partial charge in [-0.25, -0.2) is 4.79 Å². The molecule has 10 nitrogen and oxygen atoms in total. The number of aryl methyl sites for hydroxylation is 1. The van der Waals surface area contributed by atoms with Crippen LogP contribution in [0.15, 0.2) is 61.8 Å². The zero-order valence-corrected chi connectivity index (χ0v) is 20.4. The second-order valence-corrected chi connectivity index (χ2v) is 9.12. The quantitative estimate of drug-likeness (QED) is 0.284. The van der Waals surface area contributed by atoms with Gasteiger partial charge in [0.25, 0.3) is 5.89 Å². The predicted octanol–water partition coefficient (Wildman–Crippen LogP) is 5.70. The topological polar surface area (TPSA) is 141 Å². The Hall–Kier alpha value is -5.04. The van der Waals surface area contributed by atoms with E-state index in [1.165, 1.54) is 0 Å². The fourth-order valence-electron chi connectivity index (χ4n) is 4.31. The first-order valence-electron chi connectivity index (χ1n) is 11.9. The van der Waals surface area contributed by atoms with Crippen molar-refractivity contribution in [2.45, 2.75) is 38.2 Å². The molecule has 3 heterocycles. The van der Waals surface area contributed by atoms with Gasteiger partial charge in [-0.3, -0.25) is 10.1 Å². The van der Waals surface area contributed by atoms with Crippen LogP contribution in [0.1, 0.15) is 54.5 Å². The van der Waals surface area contributed by atoms with Gasteiger partial charge in [0.1, 0.15) is 22.8 Å². The maximum Gasteiger partial charge on any atom is 0.412 e. The molecule has 5 aromatic rings. The number of ether oxygens (including phenoxy) is 1. The number of carboxylic acids is 1. The molecule has 1 atom stereocenters. The summed E-state index contributed by atoms with van der Waals surface area (Å²) < 4.78 is 22.5. The second-order valence-electron chi connectivity index (χ2n) is 9.12. The Bertz CT molecular complexity index is 1750. The van der Waals surface area contributed by atoms with Gasteiger partial charge in [-0.1, -0.05) is 36.4 Å². The SMILES string of the molecule is Cc1ccccc1C(C)OC(=O)Nc1c(C#Cc2nc3nc(C4(C(=O)O)CC4)oc3o2)oc2ccccc12. The van der Waals surface area contributed by atoms with Crippen LogP contribution in [0.3, 0.4) is 0 Å². The van der Waals surface area contributed by atoms with Crippen LogP contribution in [0.4, 0.5) is 10.5 Å². The van der Waals surface area contributed by atoms with Crippen molar-refractivity contribution in [2.75, 3.05) is 5.32 Å². The zero-order chi connectivity index (χ0) is 26.4. The predicted molar refractivity (Wildman–Crippen MR) is 135 cm³/mol. The molecule has 2 N–H and O–H groups in total. The maximum absolute atomic E-state index is 12.8. The molecule has 1 fully saturated rings. The lowest BCUT2D eigenvalue weighted by Gasteiger charge is -2.16. The van der Waals surface area contributed by atoms with Crippen LogP contribution >= 0.6 is 0 Å². The van der Waals surface area contributed by atoms with Gasteiger partial charge in [0.15, 0.2) is 0 Å². The summed E-state index contributed by atoms with van der Waals surface area (Å²) in [6.07, 6.45) is -0.230. The summed E-state index contributed by atoms with van der Waals surface area (Å²) in [6, 6.07) is 14.9. The largest absolute Gasteiger partial charge is 0.480 e. The Morgan fingerprint density at radius 3 is 2.55 bits per heavy atom. The molecule has 0 spiro atoms. The molecule has 6 rings (SSSR count). The lowest BCUT2D eigenvalue weighted by molar-refractivity contribution is -0.140. The number of fused-ring (bicyclic) bond motifs is 2. The molecular weight excluding hydrogens is 490 g/mol. The molecule has 0 saturated heterocycles. The summed E-state index contributed by atoms with van der Waals surface area (Å²) in [5, 5.41) is 12.8. The number of carbonyl (C=O) groups is 2. The number of aliphatic carboxylic acids is 1. The van der Waals surface area contributed by atoms with Crippen LogP contribution in [0.25, 0.3) is 22.4 Å². The fraction of sp³-hybridized carbons (Fsp3) is 0.214. The normalized spacial score (nSPS) is 14.6. The van der Waals surface area contributed by atoms with Crippen LogP contribution in [-0.2, 0) is 14.9 Å². The average molecular weight is 511 g/mol. The third-order valence-electron chi connectivity index (χ3n) is 6.56. The number of nitrogens with one attached hydrogen (secondary N) is 1. The fourth-order valence-corrected chi connectivity index (χ4v) is 4.31. The van der Waals surface area contributed by atoms with Gasteiger partial charge < -0.3 is 23.1 Å². The van der Waals surface area contributed by atoms with E-state index in [-0.39, 0.29) is 29.0 Å². The first-order valence-corrected chi connectivity index (χ1v) is 11.9. The number of amides is 1. The van der Waals surface area contributed by atoms with E-state index < -0.39 is 23.6 Å². The average Bonchev–Trinajstić information content (AvgIpc) is 3.32. The van der Waals surface area contributed by atoms with E-state index in [2.05, 4.69) is 27.1 Å². The number of aromatic nitrogens is 2. The molecule has 1 unspecified atom stereocenters. The number of para-hydroxylation sites is 1. The molecule has 38 heavy (non-hydrogen) atoms. The van der Waals surface area contributed by atoms with E-state index in [0.29, 0.717) is 29.5 Å². The lowest BCUT2D eigenvalue weighted by atomic mass is 10.1. The number of benzene rings is 2. The number of hydrogen-bond acceptors (Lipinski definition) is 8. The molecule has 1 aliphatic carbocycles. The van der Waals surface area contributed by atoms with Crippen molar-refractivity contribution in [3.8, 4) is 11.8 Å². The number of furan rings is 1. The Morgan fingerprint density at radius 1 is 1.05 bits per heavy atom. The Kier molecular flexibility index (Phi) is 5.42. The van der Waals surface area contributed by atoms with Crippen molar-refractivity contribution in [1.29, 1.82) is 0 Å². The van der Waals surface area contributed by atoms with E-state index in [0.717, 1.165) is 11.1 Å². The summed E-state index contributed by atoms with van der Waals surface area (Å²) in [4.78, 5) is 32.7. The van der Waals surface area contributed by atoms with E-state index in [9.17, 15) is 14.7 Å². The summed E-state index contributed by atoms with van der Waals surface area (Å²) in [7, 11) is 0. The van der Waals surface area contributed by atoms with Gasteiger partial charge in [-0.15, -0.1) is 0 Å². The van der Waals surface area contributed by atoms with Crippen LogP contribution < -0.4 is 5.32 Å². The molecule has 2 aromatic carbocycles. The molecule has 10 heteroatoms. The Labute approximate surface area is 215 Å². The van der Waals surface area contributed by atoms with Gasteiger partial charge >= 0.3 is 17.8 Å². The molecule has 1 saturated carbocycles. The molecule has 0 radical (unpaired) electrons. The van der Waals surface area contributed by atoms with Crippen LogP contribution in [0.2, 0.25) is 0 Å². The van der Waals surface area contributed by atoms with Crippen LogP contribution in [0, 0.1) is 18.8 Å². The zero-order valence-electron chi connectivity index (χ0n) is 20.4. The van der Waals surface area contributed by atoms with Crippen molar-refractivity contribution in [2.24, 2.45) is 0 Å². The standard InChI is InChI=1S/C28H21N3O7/c1-15-7-3-4-8-17(15)16(2)35-27(34)30-22-18-9-5-6-10-19(18)36-20(22)11-12-21-29-23-24(37-21)38-25(31-23)28(13-14-28)26(32)33/h3-10,16H,13-14H2,1-2H3,(H,30,34)(H,32,33). The molecule has 1 aliphatic rings. The van der Waals surface area contributed by atoms with E-state index in [4.69, 9.17) is 18.0 Å². The van der Waals surface area contributed by atoms with Gasteiger partial charge in [-0.2, -0.15) is 9.97 Å². The Balaban J connectivity index is 1.26.